The molecule has 2 heterocycles. The van der Waals surface area contributed by atoms with E-state index < -0.39 is 5.97 Å². The van der Waals surface area contributed by atoms with Gasteiger partial charge in [0.1, 0.15) is 5.70 Å². The molecule has 4 nitrogen and oxygen atoms in total. The quantitative estimate of drug-likeness (QED) is 0.409. The highest BCUT2D eigenvalue weighted by atomic mass is 127. The number of esters is 1. The van der Waals surface area contributed by atoms with Crippen molar-refractivity contribution >= 4 is 47.6 Å². The largest absolute Gasteiger partial charge is 0.464 e. The zero-order chi connectivity index (χ0) is 9.42. The molecule has 1 atom stereocenters. The fourth-order valence-corrected chi connectivity index (χ4v) is 2.55. The van der Waals surface area contributed by atoms with Gasteiger partial charge in [0.25, 0.3) is 0 Å². The summed E-state index contributed by atoms with van der Waals surface area (Å²) in [5, 5.41) is 0.159. The standard InChI is InChI=1S/C8H9NO3S.HI/c1-12-8(11)5-2-3-13-7-4-6(10)9(5)7;/h2,7H,3-4H2,1H3;1H/t7-;/m1./s1. The molecular weight excluding hydrogens is 317 g/mol. The molecule has 0 spiro atoms. The van der Waals surface area contributed by atoms with Crippen LogP contribution in [0.25, 0.3) is 0 Å². The van der Waals surface area contributed by atoms with Crippen LogP contribution in [0.5, 0.6) is 0 Å². The Kier molecular flexibility index (Phi) is 3.82. The lowest BCUT2D eigenvalue weighted by Crippen LogP contribution is -2.53. The summed E-state index contributed by atoms with van der Waals surface area (Å²) >= 11 is 1.67. The Morgan fingerprint density at radius 2 is 2.43 bits per heavy atom. The van der Waals surface area contributed by atoms with Crippen molar-refractivity contribution in [1.82, 2.24) is 4.90 Å². The van der Waals surface area contributed by atoms with Crippen molar-refractivity contribution in [1.29, 1.82) is 0 Å². The molecule has 78 valence electrons. The zero-order valence-corrected chi connectivity index (χ0v) is 10.7. The topological polar surface area (TPSA) is 46.6 Å². The van der Waals surface area contributed by atoms with Crippen LogP contribution in [0.1, 0.15) is 6.42 Å². The summed E-state index contributed by atoms with van der Waals surface area (Å²) in [6, 6.07) is 0. The van der Waals surface area contributed by atoms with Crippen molar-refractivity contribution in [2.45, 2.75) is 11.8 Å². The molecule has 0 bridgehead atoms. The molecule has 0 aromatic carbocycles. The van der Waals surface area contributed by atoms with Gasteiger partial charge in [-0.05, 0) is 6.08 Å². The van der Waals surface area contributed by atoms with Crippen LogP contribution >= 0.6 is 35.7 Å². The number of amides is 1. The first-order valence-electron chi connectivity index (χ1n) is 3.96. The van der Waals surface area contributed by atoms with Crippen LogP contribution in [-0.4, -0.2) is 35.0 Å². The van der Waals surface area contributed by atoms with E-state index in [9.17, 15) is 9.59 Å². The van der Waals surface area contributed by atoms with Gasteiger partial charge < -0.3 is 4.74 Å². The lowest BCUT2D eigenvalue weighted by atomic mass is 10.1. The predicted octanol–water partition coefficient (Wildman–Crippen LogP) is 0.966. The van der Waals surface area contributed by atoms with Crippen LogP contribution in [0.15, 0.2) is 11.8 Å². The molecule has 1 saturated heterocycles. The van der Waals surface area contributed by atoms with Crippen LogP contribution in [0.3, 0.4) is 0 Å². The Morgan fingerprint density at radius 1 is 1.71 bits per heavy atom. The minimum atomic E-state index is -0.418. The summed E-state index contributed by atoms with van der Waals surface area (Å²) in [5.41, 5.74) is 0.405. The molecule has 0 aliphatic carbocycles. The Labute approximate surface area is 103 Å². The van der Waals surface area contributed by atoms with E-state index in [1.165, 1.54) is 12.0 Å². The predicted molar refractivity (Wildman–Crippen MR) is 63.2 cm³/mol. The smallest absolute Gasteiger partial charge is 0.354 e. The highest BCUT2D eigenvalue weighted by Crippen LogP contribution is 2.36. The SMILES string of the molecule is COC(=O)C1=CCS[C@@H]2CC(=O)N12.I. The molecule has 0 aromatic rings. The van der Waals surface area contributed by atoms with E-state index in [-0.39, 0.29) is 35.3 Å². The third-order valence-corrected chi connectivity index (χ3v) is 3.25. The second kappa shape index (κ2) is 4.52. The molecule has 0 saturated carbocycles. The van der Waals surface area contributed by atoms with Crippen molar-refractivity contribution in [3.8, 4) is 0 Å². The lowest BCUT2D eigenvalue weighted by molar-refractivity contribution is -0.147. The second-order valence-electron chi connectivity index (χ2n) is 2.84. The van der Waals surface area contributed by atoms with Gasteiger partial charge in [-0.2, -0.15) is 0 Å². The van der Waals surface area contributed by atoms with E-state index >= 15 is 0 Å². The first-order valence-corrected chi connectivity index (χ1v) is 5.01. The lowest BCUT2D eigenvalue weighted by Gasteiger charge is -2.42. The molecule has 1 fully saturated rings. The number of methoxy groups -OCH3 is 1. The second-order valence-corrected chi connectivity index (χ2v) is 4.05. The average Bonchev–Trinajstić information content (AvgIpc) is 2.14. The summed E-state index contributed by atoms with van der Waals surface area (Å²) in [6.07, 6.45) is 2.28. The van der Waals surface area contributed by atoms with E-state index in [0.29, 0.717) is 12.1 Å². The molecule has 1 amide bonds. The van der Waals surface area contributed by atoms with E-state index in [0.717, 1.165) is 5.75 Å². The van der Waals surface area contributed by atoms with Gasteiger partial charge in [-0.25, -0.2) is 4.79 Å². The maximum absolute atomic E-state index is 11.2. The minimum absolute atomic E-state index is 0. The van der Waals surface area contributed by atoms with E-state index in [1.54, 1.807) is 17.8 Å². The molecule has 2 aliphatic rings. The number of thioether (sulfide) groups is 1. The van der Waals surface area contributed by atoms with Crippen LogP contribution < -0.4 is 0 Å². The minimum Gasteiger partial charge on any atom is -0.464 e. The summed E-state index contributed by atoms with van der Waals surface area (Å²) in [4.78, 5) is 23.9. The maximum Gasteiger partial charge on any atom is 0.354 e. The molecule has 6 heteroatoms. The number of hydrogen-bond donors (Lipinski definition) is 0. The van der Waals surface area contributed by atoms with Gasteiger partial charge in [0.05, 0.1) is 18.9 Å². The first-order chi connectivity index (χ1) is 6.24. The van der Waals surface area contributed by atoms with Crippen LogP contribution in [0.4, 0.5) is 0 Å². The first kappa shape index (κ1) is 11.8. The number of fused-ring (bicyclic) bond motifs is 1. The highest BCUT2D eigenvalue weighted by Gasteiger charge is 2.43. The Morgan fingerprint density at radius 3 is 3.00 bits per heavy atom. The monoisotopic (exact) mass is 327 g/mol. The Balaban J connectivity index is 0.000000980. The maximum atomic E-state index is 11.2. The number of ether oxygens (including phenoxy) is 1. The van der Waals surface area contributed by atoms with Crippen LogP contribution in [0.2, 0.25) is 0 Å². The van der Waals surface area contributed by atoms with Gasteiger partial charge in [0.15, 0.2) is 0 Å². The highest BCUT2D eigenvalue weighted by molar-refractivity contribution is 14.0. The van der Waals surface area contributed by atoms with Gasteiger partial charge in [-0.3, -0.25) is 9.69 Å². The van der Waals surface area contributed by atoms with Gasteiger partial charge in [0.2, 0.25) is 5.91 Å². The fourth-order valence-electron chi connectivity index (χ4n) is 1.43. The summed E-state index contributed by atoms with van der Waals surface area (Å²) in [7, 11) is 1.32. The van der Waals surface area contributed by atoms with Gasteiger partial charge in [-0.15, -0.1) is 35.7 Å². The van der Waals surface area contributed by atoms with Crippen molar-refractivity contribution in [3.63, 3.8) is 0 Å². The van der Waals surface area contributed by atoms with Crippen LogP contribution in [0, 0.1) is 0 Å². The van der Waals surface area contributed by atoms with Crippen molar-refractivity contribution in [2.75, 3.05) is 12.9 Å². The molecule has 0 aromatic heterocycles. The molecule has 14 heavy (non-hydrogen) atoms. The van der Waals surface area contributed by atoms with Crippen molar-refractivity contribution < 1.29 is 14.3 Å². The number of carbonyl (C=O) groups is 2. The van der Waals surface area contributed by atoms with E-state index in [4.69, 9.17) is 0 Å². The van der Waals surface area contributed by atoms with E-state index in [2.05, 4.69) is 4.74 Å². The summed E-state index contributed by atoms with van der Waals surface area (Å²) < 4.78 is 4.58. The third-order valence-electron chi connectivity index (χ3n) is 2.13. The summed E-state index contributed by atoms with van der Waals surface area (Å²) in [6.45, 7) is 0. The van der Waals surface area contributed by atoms with Crippen molar-refractivity contribution in [3.05, 3.63) is 11.8 Å². The number of carbonyl (C=O) groups excluding carboxylic acids is 2. The van der Waals surface area contributed by atoms with Gasteiger partial charge >= 0.3 is 5.97 Å². The van der Waals surface area contributed by atoms with Crippen molar-refractivity contribution in [2.24, 2.45) is 0 Å². The number of nitrogens with zero attached hydrogens (tertiary/aromatic N) is 1. The zero-order valence-electron chi connectivity index (χ0n) is 7.56. The Hall–Kier alpha value is -0.240. The molecule has 0 unspecified atom stereocenters. The number of rotatable bonds is 1. The fraction of sp³-hybridized carbons (Fsp3) is 0.500. The summed E-state index contributed by atoms with van der Waals surface area (Å²) in [5.74, 6) is 0.367. The van der Waals surface area contributed by atoms with E-state index in [1.807, 2.05) is 0 Å². The van der Waals surface area contributed by atoms with Gasteiger partial charge in [0, 0.05) is 5.75 Å². The number of hydrogen-bond acceptors (Lipinski definition) is 4. The Bertz CT molecular complexity index is 305. The molecule has 0 N–H and O–H groups in total. The molecule has 2 aliphatic heterocycles. The van der Waals surface area contributed by atoms with Crippen LogP contribution in [-0.2, 0) is 14.3 Å². The average molecular weight is 327 g/mol. The number of halogens is 1. The molecular formula is C8H10INO3S. The van der Waals surface area contributed by atoms with Gasteiger partial charge in [-0.1, -0.05) is 0 Å². The normalized spacial score (nSPS) is 24.1. The molecule has 2 rings (SSSR count). The third kappa shape index (κ3) is 1.77. The number of β-lactam (4-membered cyclic amide) rings is 1. The molecule has 0 radical (unpaired) electrons.